The fourth-order valence-corrected chi connectivity index (χ4v) is 3.06. The highest BCUT2D eigenvalue weighted by Crippen LogP contribution is 2.38. The molecule has 2 rings (SSSR count). The molecule has 1 aromatic carbocycles. The lowest BCUT2D eigenvalue weighted by Gasteiger charge is -2.25. The van der Waals surface area contributed by atoms with Gasteiger partial charge in [0.05, 0.1) is 21.3 Å². The number of methoxy groups -OCH3 is 3. The van der Waals surface area contributed by atoms with Crippen LogP contribution in [-0.4, -0.2) is 40.4 Å². The molecular formula is C18H29N3O3. The summed E-state index contributed by atoms with van der Waals surface area (Å²) in [6.45, 7) is 0.628. The number of nitrogens with one attached hydrogen (secondary N) is 2. The van der Waals surface area contributed by atoms with E-state index in [4.69, 9.17) is 14.2 Å². The summed E-state index contributed by atoms with van der Waals surface area (Å²) < 4.78 is 16.1. The first-order valence-corrected chi connectivity index (χ1v) is 8.47. The van der Waals surface area contributed by atoms with Crippen LogP contribution in [-0.2, 0) is 6.54 Å². The lowest BCUT2D eigenvalue weighted by Crippen LogP contribution is -2.43. The van der Waals surface area contributed by atoms with Gasteiger partial charge in [0.2, 0.25) is 5.75 Å². The van der Waals surface area contributed by atoms with Gasteiger partial charge in [-0.05, 0) is 30.5 Å². The van der Waals surface area contributed by atoms with Crippen molar-refractivity contribution in [3.63, 3.8) is 0 Å². The molecule has 0 aromatic heterocycles. The lowest BCUT2D eigenvalue weighted by molar-refractivity contribution is 0.323. The minimum atomic E-state index is 0.518. The van der Waals surface area contributed by atoms with Crippen molar-refractivity contribution < 1.29 is 14.2 Å². The Labute approximate surface area is 144 Å². The summed E-state index contributed by atoms with van der Waals surface area (Å²) >= 11 is 0. The zero-order valence-electron chi connectivity index (χ0n) is 15.1. The Hall–Kier alpha value is -2.11. The topological polar surface area (TPSA) is 64.1 Å². The Morgan fingerprint density at radius 3 is 2.17 bits per heavy atom. The standard InChI is InChI=1S/C18H29N3O3/c1-19-18(21-14-8-6-5-7-9-14)20-12-13-10-15(22-2)17(24-4)16(11-13)23-3/h10-11,14H,5-9,12H2,1-4H3,(H2,19,20,21). The molecule has 24 heavy (non-hydrogen) atoms. The summed E-state index contributed by atoms with van der Waals surface area (Å²) in [5.41, 5.74) is 1.04. The van der Waals surface area contributed by atoms with Gasteiger partial charge in [0.15, 0.2) is 17.5 Å². The number of aliphatic imine (C=N–C) groups is 1. The highest BCUT2D eigenvalue weighted by Gasteiger charge is 2.16. The first-order chi connectivity index (χ1) is 11.7. The molecule has 0 spiro atoms. The third-order valence-corrected chi connectivity index (χ3v) is 4.35. The van der Waals surface area contributed by atoms with Gasteiger partial charge in [0, 0.05) is 19.6 Å². The highest BCUT2D eigenvalue weighted by molar-refractivity contribution is 5.80. The fourth-order valence-electron chi connectivity index (χ4n) is 3.06. The maximum atomic E-state index is 5.40. The quantitative estimate of drug-likeness (QED) is 0.618. The molecule has 0 unspecified atom stereocenters. The number of benzene rings is 1. The van der Waals surface area contributed by atoms with Crippen molar-refractivity contribution in [2.75, 3.05) is 28.4 Å². The Kier molecular flexibility index (Phi) is 7.03. The summed E-state index contributed by atoms with van der Waals surface area (Å²) in [4.78, 5) is 4.32. The van der Waals surface area contributed by atoms with Gasteiger partial charge >= 0.3 is 0 Å². The lowest BCUT2D eigenvalue weighted by atomic mass is 9.96. The van der Waals surface area contributed by atoms with Gasteiger partial charge in [-0.15, -0.1) is 0 Å². The van der Waals surface area contributed by atoms with Crippen LogP contribution in [0.2, 0.25) is 0 Å². The molecule has 0 amide bonds. The molecule has 6 nitrogen and oxygen atoms in total. The summed E-state index contributed by atoms with van der Waals surface area (Å²) in [5, 5.41) is 6.87. The van der Waals surface area contributed by atoms with E-state index in [1.165, 1.54) is 32.1 Å². The molecule has 134 valence electrons. The Balaban J connectivity index is 2.01. The van der Waals surface area contributed by atoms with E-state index in [-0.39, 0.29) is 0 Å². The van der Waals surface area contributed by atoms with Crippen molar-refractivity contribution in [2.24, 2.45) is 4.99 Å². The van der Waals surface area contributed by atoms with Crippen molar-refractivity contribution in [3.8, 4) is 17.2 Å². The molecule has 1 saturated carbocycles. The summed E-state index contributed by atoms with van der Waals surface area (Å²) in [7, 11) is 6.65. The Bertz CT molecular complexity index is 529. The molecule has 2 N–H and O–H groups in total. The van der Waals surface area contributed by atoms with Gasteiger partial charge in [-0.2, -0.15) is 0 Å². The minimum Gasteiger partial charge on any atom is -0.493 e. The largest absolute Gasteiger partial charge is 0.493 e. The average Bonchev–Trinajstić information content (AvgIpc) is 2.64. The van der Waals surface area contributed by atoms with E-state index in [0.29, 0.717) is 29.8 Å². The fraction of sp³-hybridized carbons (Fsp3) is 0.611. The smallest absolute Gasteiger partial charge is 0.203 e. The number of nitrogens with zero attached hydrogens (tertiary/aromatic N) is 1. The normalized spacial score (nSPS) is 15.8. The number of rotatable bonds is 6. The molecule has 0 radical (unpaired) electrons. The van der Waals surface area contributed by atoms with Crippen LogP contribution in [0.15, 0.2) is 17.1 Å². The third kappa shape index (κ3) is 4.69. The Morgan fingerprint density at radius 1 is 1.04 bits per heavy atom. The minimum absolute atomic E-state index is 0.518. The molecule has 1 aromatic rings. The van der Waals surface area contributed by atoms with Gasteiger partial charge in [-0.3, -0.25) is 4.99 Å². The van der Waals surface area contributed by atoms with Crippen LogP contribution < -0.4 is 24.8 Å². The molecule has 0 heterocycles. The SMILES string of the molecule is CN=C(NCc1cc(OC)c(OC)c(OC)c1)NC1CCCCC1. The van der Waals surface area contributed by atoms with Gasteiger partial charge in [-0.25, -0.2) is 0 Å². The molecule has 1 fully saturated rings. The maximum Gasteiger partial charge on any atom is 0.203 e. The van der Waals surface area contributed by atoms with E-state index in [1.807, 2.05) is 12.1 Å². The number of guanidine groups is 1. The Morgan fingerprint density at radius 2 is 1.67 bits per heavy atom. The van der Waals surface area contributed by atoms with Crippen LogP contribution >= 0.6 is 0 Å². The average molecular weight is 335 g/mol. The van der Waals surface area contributed by atoms with Gasteiger partial charge < -0.3 is 24.8 Å². The van der Waals surface area contributed by atoms with Crippen molar-refractivity contribution in [2.45, 2.75) is 44.7 Å². The molecule has 1 aliphatic rings. The maximum absolute atomic E-state index is 5.40. The second-order valence-electron chi connectivity index (χ2n) is 5.94. The summed E-state index contributed by atoms with van der Waals surface area (Å²) in [5.74, 6) is 2.75. The van der Waals surface area contributed by atoms with Gasteiger partial charge in [0.25, 0.3) is 0 Å². The molecule has 0 saturated heterocycles. The molecular weight excluding hydrogens is 306 g/mol. The van der Waals surface area contributed by atoms with Crippen LogP contribution in [0, 0.1) is 0 Å². The zero-order chi connectivity index (χ0) is 17.4. The monoisotopic (exact) mass is 335 g/mol. The van der Waals surface area contributed by atoms with E-state index in [1.54, 1.807) is 28.4 Å². The molecule has 0 atom stereocenters. The second kappa shape index (κ2) is 9.25. The molecule has 6 heteroatoms. The zero-order valence-corrected chi connectivity index (χ0v) is 15.1. The van der Waals surface area contributed by atoms with E-state index in [9.17, 15) is 0 Å². The first kappa shape index (κ1) is 18.2. The second-order valence-corrected chi connectivity index (χ2v) is 5.94. The van der Waals surface area contributed by atoms with Crippen LogP contribution in [0.25, 0.3) is 0 Å². The number of hydrogen-bond acceptors (Lipinski definition) is 4. The van der Waals surface area contributed by atoms with Crippen molar-refractivity contribution in [1.82, 2.24) is 10.6 Å². The summed E-state index contributed by atoms with van der Waals surface area (Å²) in [6.07, 6.45) is 6.36. The van der Waals surface area contributed by atoms with E-state index < -0.39 is 0 Å². The molecule has 1 aliphatic carbocycles. The molecule has 0 aliphatic heterocycles. The van der Waals surface area contributed by atoms with E-state index in [0.717, 1.165) is 11.5 Å². The third-order valence-electron chi connectivity index (χ3n) is 4.35. The number of ether oxygens (including phenoxy) is 3. The van der Waals surface area contributed by atoms with E-state index in [2.05, 4.69) is 15.6 Å². The first-order valence-electron chi connectivity index (χ1n) is 8.47. The van der Waals surface area contributed by atoms with E-state index >= 15 is 0 Å². The summed E-state index contributed by atoms with van der Waals surface area (Å²) in [6, 6.07) is 4.41. The molecule has 0 bridgehead atoms. The highest BCUT2D eigenvalue weighted by atomic mass is 16.5. The van der Waals surface area contributed by atoms with Gasteiger partial charge in [-0.1, -0.05) is 19.3 Å². The van der Waals surface area contributed by atoms with Crippen LogP contribution in [0.3, 0.4) is 0 Å². The van der Waals surface area contributed by atoms with Crippen molar-refractivity contribution in [3.05, 3.63) is 17.7 Å². The predicted octanol–water partition coefficient (Wildman–Crippen LogP) is 2.71. The van der Waals surface area contributed by atoms with Crippen LogP contribution in [0.4, 0.5) is 0 Å². The predicted molar refractivity (Wildman–Crippen MR) is 96.3 cm³/mol. The van der Waals surface area contributed by atoms with Crippen molar-refractivity contribution in [1.29, 1.82) is 0 Å². The van der Waals surface area contributed by atoms with Crippen molar-refractivity contribution >= 4 is 5.96 Å². The van der Waals surface area contributed by atoms with Crippen LogP contribution in [0.1, 0.15) is 37.7 Å². The number of hydrogen-bond donors (Lipinski definition) is 2. The van der Waals surface area contributed by atoms with Crippen LogP contribution in [0.5, 0.6) is 17.2 Å². The van der Waals surface area contributed by atoms with Gasteiger partial charge in [0.1, 0.15) is 0 Å².